The molecule has 0 fully saturated rings. The van der Waals surface area contributed by atoms with Crippen molar-refractivity contribution in [1.29, 1.82) is 0 Å². The summed E-state index contributed by atoms with van der Waals surface area (Å²) in [6.07, 6.45) is 7.15. The van der Waals surface area contributed by atoms with Crippen LogP contribution in [0.25, 0.3) is 55.7 Å². The van der Waals surface area contributed by atoms with E-state index in [1.165, 1.54) is 12.1 Å². The fourth-order valence-electron chi connectivity index (χ4n) is 4.29. The molecular weight excluding hydrogens is 441 g/mol. The van der Waals surface area contributed by atoms with Crippen LogP contribution in [0.5, 0.6) is 0 Å². The lowest BCUT2D eigenvalue weighted by Gasteiger charge is -2.10. The van der Waals surface area contributed by atoms with Crippen molar-refractivity contribution in [3.05, 3.63) is 79.1 Å². The van der Waals surface area contributed by atoms with Gasteiger partial charge in [0.2, 0.25) is 0 Å². The van der Waals surface area contributed by atoms with Gasteiger partial charge in [0.05, 0.1) is 34.5 Å². The number of nitrogens with one attached hydrogen (secondary N) is 3. The molecule has 172 valence electrons. The Labute approximate surface area is 200 Å². The summed E-state index contributed by atoms with van der Waals surface area (Å²) in [5.74, 6) is -0.274. The number of nitrogens with zero attached hydrogens (tertiary/aromatic N) is 4. The Hall–Kier alpha value is -4.59. The highest BCUT2D eigenvalue weighted by molar-refractivity contribution is 6.00. The Balaban J connectivity index is 1.44. The Morgan fingerprint density at radius 1 is 0.829 bits per heavy atom. The lowest BCUT2D eigenvalue weighted by molar-refractivity contribution is 0.628. The van der Waals surface area contributed by atoms with Crippen molar-refractivity contribution >= 4 is 27.5 Å². The minimum absolute atomic E-state index is 0.274. The number of halogens is 1. The third-order valence-corrected chi connectivity index (χ3v) is 5.86. The lowest BCUT2D eigenvalue weighted by Crippen LogP contribution is -2.09. The molecule has 0 saturated carbocycles. The van der Waals surface area contributed by atoms with Crippen LogP contribution in [-0.2, 0) is 0 Å². The van der Waals surface area contributed by atoms with Gasteiger partial charge in [-0.2, -0.15) is 5.10 Å². The number of pyridine rings is 3. The summed E-state index contributed by atoms with van der Waals surface area (Å²) < 4.78 is 13.4. The first-order chi connectivity index (χ1) is 17.0. The van der Waals surface area contributed by atoms with Crippen LogP contribution in [0.2, 0.25) is 0 Å². The molecule has 0 saturated heterocycles. The molecule has 5 aromatic heterocycles. The molecule has 0 radical (unpaired) electrons. The molecule has 0 atom stereocenters. The molecule has 6 aromatic rings. The zero-order valence-electron chi connectivity index (χ0n) is 19.2. The average Bonchev–Trinajstić information content (AvgIpc) is 3.48. The van der Waals surface area contributed by atoms with Crippen molar-refractivity contribution in [2.45, 2.75) is 19.9 Å². The van der Waals surface area contributed by atoms with Gasteiger partial charge < -0.3 is 10.3 Å². The van der Waals surface area contributed by atoms with Crippen molar-refractivity contribution < 1.29 is 4.39 Å². The molecule has 6 rings (SSSR count). The maximum absolute atomic E-state index is 13.4. The van der Waals surface area contributed by atoms with Crippen molar-refractivity contribution in [3.8, 4) is 33.9 Å². The van der Waals surface area contributed by atoms with E-state index in [1.807, 2.05) is 36.7 Å². The number of H-pyrrole nitrogens is 2. The standard InChI is InChI=1S/C27H22FN7/c1-15(2)32-19-9-17(12-29-13-19)23-10-21-25(14-31-23)34-35-27(21)24-11-20-22(33-24)7-8-30-26(20)16-3-5-18(28)6-4-16/h3-15,32-33H,1-2H3,(H,34,35). The molecule has 35 heavy (non-hydrogen) atoms. The molecular formula is C27H22FN7. The summed E-state index contributed by atoms with van der Waals surface area (Å²) in [5, 5.41) is 12.9. The minimum Gasteiger partial charge on any atom is -0.382 e. The highest BCUT2D eigenvalue weighted by Crippen LogP contribution is 2.34. The van der Waals surface area contributed by atoms with Gasteiger partial charge in [-0.05, 0) is 62.4 Å². The fraction of sp³-hybridized carbons (Fsp3) is 0.111. The molecule has 5 heterocycles. The van der Waals surface area contributed by atoms with E-state index >= 15 is 0 Å². The van der Waals surface area contributed by atoms with Gasteiger partial charge in [-0.25, -0.2) is 4.39 Å². The van der Waals surface area contributed by atoms with Gasteiger partial charge in [-0.15, -0.1) is 0 Å². The van der Waals surface area contributed by atoms with Crippen LogP contribution in [0.1, 0.15) is 13.8 Å². The number of hydrogen-bond acceptors (Lipinski definition) is 5. The second kappa shape index (κ2) is 8.32. The first kappa shape index (κ1) is 21.0. The number of benzene rings is 1. The average molecular weight is 464 g/mol. The zero-order valence-corrected chi connectivity index (χ0v) is 19.2. The Morgan fingerprint density at radius 3 is 2.49 bits per heavy atom. The highest BCUT2D eigenvalue weighted by Gasteiger charge is 2.15. The molecule has 0 bridgehead atoms. The summed E-state index contributed by atoms with van der Waals surface area (Å²) in [5.41, 5.74) is 7.72. The van der Waals surface area contributed by atoms with E-state index < -0.39 is 0 Å². The van der Waals surface area contributed by atoms with Gasteiger partial charge in [0, 0.05) is 52.0 Å². The number of aromatic amines is 2. The first-order valence-corrected chi connectivity index (χ1v) is 11.4. The van der Waals surface area contributed by atoms with E-state index in [4.69, 9.17) is 0 Å². The van der Waals surface area contributed by atoms with Gasteiger partial charge >= 0.3 is 0 Å². The number of aromatic nitrogens is 6. The summed E-state index contributed by atoms with van der Waals surface area (Å²) in [4.78, 5) is 17.0. The number of anilines is 1. The predicted octanol–water partition coefficient (Wildman–Crippen LogP) is 6.19. The number of rotatable bonds is 5. The molecule has 0 spiro atoms. The van der Waals surface area contributed by atoms with Crippen molar-refractivity contribution in [2.24, 2.45) is 0 Å². The van der Waals surface area contributed by atoms with Crippen LogP contribution in [0.3, 0.4) is 0 Å². The maximum Gasteiger partial charge on any atom is 0.123 e. The number of fused-ring (bicyclic) bond motifs is 2. The highest BCUT2D eigenvalue weighted by atomic mass is 19.1. The first-order valence-electron chi connectivity index (χ1n) is 11.4. The van der Waals surface area contributed by atoms with Crippen molar-refractivity contribution in [2.75, 3.05) is 5.32 Å². The lowest BCUT2D eigenvalue weighted by atomic mass is 10.1. The summed E-state index contributed by atoms with van der Waals surface area (Å²) >= 11 is 0. The van der Waals surface area contributed by atoms with E-state index in [9.17, 15) is 4.39 Å². The topological polar surface area (TPSA) is 95.2 Å². The minimum atomic E-state index is -0.274. The van der Waals surface area contributed by atoms with Gasteiger partial charge in [0.15, 0.2) is 0 Å². The second-order valence-corrected chi connectivity index (χ2v) is 8.76. The fourth-order valence-corrected chi connectivity index (χ4v) is 4.29. The van der Waals surface area contributed by atoms with Crippen LogP contribution in [0, 0.1) is 5.82 Å². The van der Waals surface area contributed by atoms with Gasteiger partial charge in [-0.1, -0.05) is 0 Å². The molecule has 0 unspecified atom stereocenters. The smallest absolute Gasteiger partial charge is 0.123 e. The largest absolute Gasteiger partial charge is 0.382 e. The predicted molar refractivity (Wildman–Crippen MR) is 136 cm³/mol. The van der Waals surface area contributed by atoms with Crippen molar-refractivity contribution in [1.82, 2.24) is 30.1 Å². The van der Waals surface area contributed by atoms with Crippen LogP contribution in [0.4, 0.5) is 10.1 Å². The molecule has 3 N–H and O–H groups in total. The monoisotopic (exact) mass is 463 g/mol. The van der Waals surface area contributed by atoms with Crippen molar-refractivity contribution in [3.63, 3.8) is 0 Å². The molecule has 0 amide bonds. The van der Waals surface area contributed by atoms with E-state index in [-0.39, 0.29) is 5.82 Å². The molecule has 1 aromatic carbocycles. The molecule has 8 heteroatoms. The number of hydrogen-bond donors (Lipinski definition) is 3. The SMILES string of the molecule is CC(C)Nc1cncc(-c2cc3c(-c4cc5c(-c6ccc(F)cc6)nccc5[nH]4)n[nH]c3cn2)c1. The normalized spacial score (nSPS) is 11.5. The zero-order chi connectivity index (χ0) is 23.9. The van der Waals surface area contributed by atoms with Gasteiger partial charge in [0.1, 0.15) is 11.5 Å². The van der Waals surface area contributed by atoms with Crippen LogP contribution >= 0.6 is 0 Å². The molecule has 0 aliphatic carbocycles. The van der Waals surface area contributed by atoms with Crippen LogP contribution in [0.15, 0.2) is 73.3 Å². The molecule has 0 aliphatic rings. The third-order valence-electron chi connectivity index (χ3n) is 5.86. The van der Waals surface area contributed by atoms with E-state index in [1.54, 1.807) is 24.5 Å². The quantitative estimate of drug-likeness (QED) is 0.283. The molecule has 7 nitrogen and oxygen atoms in total. The summed E-state index contributed by atoms with van der Waals surface area (Å²) in [6, 6.07) is 14.7. The van der Waals surface area contributed by atoms with E-state index in [2.05, 4.69) is 49.3 Å². The second-order valence-electron chi connectivity index (χ2n) is 8.76. The Morgan fingerprint density at radius 2 is 1.66 bits per heavy atom. The molecule has 0 aliphatic heterocycles. The van der Waals surface area contributed by atoms with E-state index in [0.717, 1.165) is 61.4 Å². The maximum atomic E-state index is 13.4. The summed E-state index contributed by atoms with van der Waals surface area (Å²) in [6.45, 7) is 4.18. The Kier molecular flexibility index (Phi) is 4.99. The van der Waals surface area contributed by atoms with E-state index in [0.29, 0.717) is 6.04 Å². The Bertz CT molecular complexity index is 1670. The van der Waals surface area contributed by atoms with Crippen LogP contribution in [-0.4, -0.2) is 36.2 Å². The van der Waals surface area contributed by atoms with Gasteiger partial charge in [0.25, 0.3) is 0 Å². The van der Waals surface area contributed by atoms with Gasteiger partial charge in [-0.3, -0.25) is 20.1 Å². The third kappa shape index (κ3) is 3.89. The van der Waals surface area contributed by atoms with Crippen LogP contribution < -0.4 is 5.32 Å². The summed E-state index contributed by atoms with van der Waals surface area (Å²) in [7, 11) is 0.